The van der Waals surface area contributed by atoms with Crippen molar-refractivity contribution in [2.24, 2.45) is 0 Å². The molecule has 2 aromatic rings. The normalized spacial score (nSPS) is 12.6. The minimum absolute atomic E-state index is 0.407. The molecule has 1 nitrogen and oxygen atoms in total. The molecule has 0 bridgehead atoms. The van der Waals surface area contributed by atoms with Gasteiger partial charge in [0.2, 0.25) is 0 Å². The van der Waals surface area contributed by atoms with Gasteiger partial charge in [0.15, 0.2) is 0 Å². The van der Waals surface area contributed by atoms with Gasteiger partial charge in [-0.15, -0.1) is 11.3 Å². The molecule has 1 unspecified atom stereocenters. The largest absolute Gasteiger partial charge is 0.313 e. The summed E-state index contributed by atoms with van der Waals surface area (Å²) in [4.78, 5) is 2.95. The van der Waals surface area contributed by atoms with E-state index < -0.39 is 0 Å². The predicted octanol–water partition coefficient (Wildman–Crippen LogP) is 4.43. The highest BCUT2D eigenvalue weighted by Gasteiger charge is 2.15. The number of likely N-dealkylation sites (N-methyl/N-ethyl adjacent to an activating group) is 1. The van der Waals surface area contributed by atoms with E-state index in [1.54, 1.807) is 0 Å². The van der Waals surface area contributed by atoms with E-state index in [0.29, 0.717) is 6.04 Å². The predicted molar refractivity (Wildman–Crippen MR) is 85.1 cm³/mol. The average Bonchev–Trinajstić information content (AvgIpc) is 2.85. The first kappa shape index (κ1) is 14.3. The highest BCUT2D eigenvalue weighted by Crippen LogP contribution is 2.27. The molecule has 0 spiro atoms. The Labute approximate surface area is 120 Å². The minimum Gasteiger partial charge on any atom is -0.313 e. The zero-order valence-corrected chi connectivity index (χ0v) is 13.1. The zero-order valence-electron chi connectivity index (χ0n) is 12.3. The summed E-state index contributed by atoms with van der Waals surface area (Å²) >= 11 is 1.94. The minimum atomic E-state index is 0.407. The number of benzene rings is 1. The molecule has 0 aliphatic rings. The number of rotatable bonds is 5. The summed E-state index contributed by atoms with van der Waals surface area (Å²) in [5.41, 5.74) is 4.22. The highest BCUT2D eigenvalue weighted by atomic mass is 32.1. The molecule has 1 aromatic heterocycles. The van der Waals surface area contributed by atoms with Gasteiger partial charge >= 0.3 is 0 Å². The highest BCUT2D eigenvalue weighted by molar-refractivity contribution is 7.11. The molecule has 1 aromatic carbocycles. The molecule has 0 aliphatic heterocycles. The van der Waals surface area contributed by atoms with E-state index in [1.807, 2.05) is 11.3 Å². The van der Waals surface area contributed by atoms with Crippen LogP contribution in [0.25, 0.3) is 0 Å². The molecule has 0 saturated carbocycles. The molecule has 102 valence electrons. The van der Waals surface area contributed by atoms with Crippen LogP contribution in [0, 0.1) is 13.8 Å². The third-order valence-corrected chi connectivity index (χ3v) is 4.96. The van der Waals surface area contributed by atoms with Crippen molar-refractivity contribution in [1.82, 2.24) is 5.32 Å². The summed E-state index contributed by atoms with van der Waals surface area (Å²) in [7, 11) is 2.06. The van der Waals surface area contributed by atoms with Crippen molar-refractivity contribution < 1.29 is 0 Å². The van der Waals surface area contributed by atoms with Gasteiger partial charge in [0.1, 0.15) is 0 Å². The number of hydrogen-bond acceptors (Lipinski definition) is 2. The number of nitrogens with one attached hydrogen (secondary N) is 1. The van der Waals surface area contributed by atoms with Gasteiger partial charge in [0, 0.05) is 22.2 Å². The Morgan fingerprint density at radius 3 is 2.21 bits per heavy atom. The second-order valence-corrected chi connectivity index (χ2v) is 6.33. The molecule has 0 aliphatic carbocycles. The lowest BCUT2D eigenvalue weighted by atomic mass is 9.94. The summed E-state index contributed by atoms with van der Waals surface area (Å²) < 4.78 is 0. The molecule has 0 saturated heterocycles. The van der Waals surface area contributed by atoms with Gasteiger partial charge in [0.05, 0.1) is 0 Å². The van der Waals surface area contributed by atoms with E-state index in [-0.39, 0.29) is 0 Å². The Bertz CT molecular complexity index is 522. The first-order valence-electron chi connectivity index (χ1n) is 6.96. The maximum absolute atomic E-state index is 3.48. The monoisotopic (exact) mass is 273 g/mol. The van der Waals surface area contributed by atoms with Gasteiger partial charge in [-0.05, 0) is 56.1 Å². The maximum Gasteiger partial charge on any atom is 0.0371 e. The molecular weight excluding hydrogens is 250 g/mol. The summed E-state index contributed by atoms with van der Waals surface area (Å²) in [5.74, 6) is 0. The smallest absolute Gasteiger partial charge is 0.0371 e. The fraction of sp³-hybridized carbons (Fsp3) is 0.412. The SMILES string of the molecule is CCc1ccc(CC(NC)c2c(C)cccc2C)s1. The first-order chi connectivity index (χ1) is 9.15. The summed E-state index contributed by atoms with van der Waals surface area (Å²) in [6.45, 7) is 6.63. The lowest BCUT2D eigenvalue weighted by Gasteiger charge is -2.20. The lowest BCUT2D eigenvalue weighted by Crippen LogP contribution is -2.20. The molecule has 1 N–H and O–H groups in total. The molecule has 1 heterocycles. The van der Waals surface area contributed by atoms with E-state index in [4.69, 9.17) is 0 Å². The van der Waals surface area contributed by atoms with E-state index in [9.17, 15) is 0 Å². The molecule has 0 fully saturated rings. The van der Waals surface area contributed by atoms with Gasteiger partial charge in [-0.2, -0.15) is 0 Å². The van der Waals surface area contributed by atoms with E-state index >= 15 is 0 Å². The quantitative estimate of drug-likeness (QED) is 0.849. The van der Waals surface area contributed by atoms with Crippen LogP contribution in [0.2, 0.25) is 0 Å². The second-order valence-electron chi connectivity index (χ2n) is 5.07. The Balaban J connectivity index is 2.25. The fourth-order valence-corrected chi connectivity index (χ4v) is 3.65. The van der Waals surface area contributed by atoms with Gasteiger partial charge in [-0.1, -0.05) is 25.1 Å². The topological polar surface area (TPSA) is 12.0 Å². The molecule has 0 amide bonds. The molecule has 0 radical (unpaired) electrons. The number of aryl methyl sites for hydroxylation is 3. The maximum atomic E-state index is 3.48. The average molecular weight is 273 g/mol. The Morgan fingerprint density at radius 2 is 1.68 bits per heavy atom. The van der Waals surface area contributed by atoms with Crippen molar-refractivity contribution in [2.45, 2.75) is 39.7 Å². The van der Waals surface area contributed by atoms with Crippen LogP contribution >= 0.6 is 11.3 Å². The van der Waals surface area contributed by atoms with Gasteiger partial charge in [-0.3, -0.25) is 0 Å². The van der Waals surface area contributed by atoms with E-state index in [1.165, 1.54) is 26.4 Å². The van der Waals surface area contributed by atoms with Crippen LogP contribution in [0.5, 0.6) is 0 Å². The van der Waals surface area contributed by atoms with Gasteiger partial charge < -0.3 is 5.32 Å². The molecular formula is C17H23NS. The van der Waals surface area contributed by atoms with Crippen LogP contribution in [0.1, 0.15) is 39.4 Å². The molecule has 1 atom stereocenters. The van der Waals surface area contributed by atoms with Gasteiger partial charge in [0.25, 0.3) is 0 Å². The second kappa shape index (κ2) is 6.36. The molecule has 2 rings (SSSR count). The third kappa shape index (κ3) is 3.26. The molecule has 2 heteroatoms. The Kier molecular flexibility index (Phi) is 4.78. The number of thiophene rings is 1. The van der Waals surface area contributed by atoms with Crippen LogP contribution in [0.15, 0.2) is 30.3 Å². The van der Waals surface area contributed by atoms with Crippen LogP contribution < -0.4 is 5.32 Å². The van der Waals surface area contributed by atoms with Crippen molar-refractivity contribution in [2.75, 3.05) is 7.05 Å². The van der Waals surface area contributed by atoms with Crippen molar-refractivity contribution in [3.05, 3.63) is 56.8 Å². The van der Waals surface area contributed by atoms with Gasteiger partial charge in [-0.25, -0.2) is 0 Å². The molecule has 19 heavy (non-hydrogen) atoms. The lowest BCUT2D eigenvalue weighted by molar-refractivity contribution is 0.590. The summed E-state index contributed by atoms with van der Waals surface area (Å²) in [5, 5.41) is 3.48. The van der Waals surface area contributed by atoms with Crippen LogP contribution in [-0.2, 0) is 12.8 Å². The zero-order chi connectivity index (χ0) is 13.8. The summed E-state index contributed by atoms with van der Waals surface area (Å²) in [6, 6.07) is 11.5. The first-order valence-corrected chi connectivity index (χ1v) is 7.78. The number of hydrogen-bond donors (Lipinski definition) is 1. The Morgan fingerprint density at radius 1 is 1.05 bits per heavy atom. The van der Waals surface area contributed by atoms with E-state index in [0.717, 1.165) is 12.8 Å². The van der Waals surface area contributed by atoms with Crippen molar-refractivity contribution in [3.8, 4) is 0 Å². The van der Waals surface area contributed by atoms with Crippen molar-refractivity contribution in [1.29, 1.82) is 0 Å². The Hall–Kier alpha value is -1.12. The summed E-state index contributed by atoms with van der Waals surface area (Å²) in [6.07, 6.45) is 2.21. The standard InChI is InChI=1S/C17H23NS/c1-5-14-9-10-15(19-14)11-16(18-4)17-12(2)7-6-8-13(17)3/h6-10,16,18H,5,11H2,1-4H3. The van der Waals surface area contributed by atoms with Crippen molar-refractivity contribution in [3.63, 3.8) is 0 Å². The van der Waals surface area contributed by atoms with Crippen LogP contribution in [0.3, 0.4) is 0 Å². The fourth-order valence-electron chi connectivity index (χ4n) is 2.65. The van der Waals surface area contributed by atoms with Crippen molar-refractivity contribution >= 4 is 11.3 Å². The third-order valence-electron chi connectivity index (χ3n) is 3.71. The van der Waals surface area contributed by atoms with Crippen LogP contribution in [-0.4, -0.2) is 7.05 Å². The van der Waals surface area contributed by atoms with E-state index in [2.05, 4.69) is 63.5 Å². The van der Waals surface area contributed by atoms with Crippen LogP contribution in [0.4, 0.5) is 0 Å².